The molecule has 2 aromatic rings. The van der Waals surface area contributed by atoms with E-state index in [1.165, 1.54) is 0 Å². The third kappa shape index (κ3) is 4.29. The van der Waals surface area contributed by atoms with Crippen LogP contribution >= 0.6 is 0 Å². The monoisotopic (exact) mass is 349 g/mol. The predicted molar refractivity (Wildman–Crippen MR) is 73.9 cm³/mol. The number of alkyl halides is 3. The van der Waals surface area contributed by atoms with E-state index in [1.807, 2.05) is 13.8 Å². The zero-order chi connectivity index (χ0) is 17.3. The number of sulfonamides is 1. The Balaban J connectivity index is 2.09. The molecule has 0 spiro atoms. The van der Waals surface area contributed by atoms with Crippen molar-refractivity contribution in [3.63, 3.8) is 0 Å². The van der Waals surface area contributed by atoms with Gasteiger partial charge in [0, 0.05) is 12.3 Å². The number of hydrogen-bond acceptors (Lipinski definition) is 5. The highest BCUT2D eigenvalue weighted by Crippen LogP contribution is 2.27. The quantitative estimate of drug-likeness (QED) is 0.897. The van der Waals surface area contributed by atoms with Gasteiger partial charge in [-0.15, -0.1) is 0 Å². The van der Waals surface area contributed by atoms with Crippen LogP contribution in [0.2, 0.25) is 0 Å². The summed E-state index contributed by atoms with van der Waals surface area (Å²) >= 11 is 0. The Morgan fingerprint density at radius 2 is 2.00 bits per heavy atom. The molecule has 126 valence electrons. The van der Waals surface area contributed by atoms with Crippen LogP contribution in [0.1, 0.15) is 36.9 Å². The van der Waals surface area contributed by atoms with E-state index in [1.54, 1.807) is 6.07 Å². The third-order valence-electron chi connectivity index (χ3n) is 2.94. The highest BCUT2D eigenvalue weighted by Gasteiger charge is 2.32. The van der Waals surface area contributed by atoms with Gasteiger partial charge in [-0.25, -0.2) is 13.1 Å². The molecule has 0 aliphatic heterocycles. The van der Waals surface area contributed by atoms with Gasteiger partial charge in [0.15, 0.2) is 5.76 Å². The molecule has 6 nitrogen and oxygen atoms in total. The minimum Gasteiger partial charge on any atom is -0.360 e. The zero-order valence-electron chi connectivity index (χ0n) is 12.3. The Labute approximate surface area is 130 Å². The highest BCUT2D eigenvalue weighted by atomic mass is 32.2. The maximum Gasteiger partial charge on any atom is 0.433 e. The first-order valence-corrected chi connectivity index (χ1v) is 8.06. The first-order valence-electron chi connectivity index (χ1n) is 6.58. The fourth-order valence-corrected chi connectivity index (χ4v) is 2.58. The van der Waals surface area contributed by atoms with Crippen molar-refractivity contribution in [3.8, 4) is 0 Å². The smallest absolute Gasteiger partial charge is 0.360 e. The topological polar surface area (TPSA) is 85.1 Å². The van der Waals surface area contributed by atoms with E-state index >= 15 is 0 Å². The van der Waals surface area contributed by atoms with Crippen molar-refractivity contribution in [1.82, 2.24) is 14.9 Å². The summed E-state index contributed by atoms with van der Waals surface area (Å²) in [7, 11) is -4.00. The first-order chi connectivity index (χ1) is 10.6. The zero-order valence-corrected chi connectivity index (χ0v) is 13.1. The summed E-state index contributed by atoms with van der Waals surface area (Å²) in [5, 5.41) is 3.78. The average Bonchev–Trinajstić information content (AvgIpc) is 2.94. The second-order valence-corrected chi connectivity index (χ2v) is 6.84. The summed E-state index contributed by atoms with van der Waals surface area (Å²) in [5.74, 6) is 0.431. The average molecular weight is 349 g/mol. The van der Waals surface area contributed by atoms with Gasteiger partial charge in [-0.1, -0.05) is 19.0 Å². The standard InChI is InChI=1S/C13H14F3N3O3S/c1-8(2)11-5-9(22-19-11)6-18-23(20,21)10-3-4-12(17-7-10)13(14,15)16/h3-5,7-8,18H,6H2,1-2H3. The minimum atomic E-state index is -4.62. The van der Waals surface area contributed by atoms with Gasteiger partial charge in [0.2, 0.25) is 10.0 Å². The van der Waals surface area contributed by atoms with Gasteiger partial charge in [-0.2, -0.15) is 13.2 Å². The molecule has 0 saturated heterocycles. The second-order valence-electron chi connectivity index (χ2n) is 5.07. The van der Waals surface area contributed by atoms with E-state index in [-0.39, 0.29) is 17.4 Å². The molecule has 2 heterocycles. The van der Waals surface area contributed by atoms with Crippen LogP contribution in [0.3, 0.4) is 0 Å². The van der Waals surface area contributed by atoms with E-state index < -0.39 is 21.9 Å². The summed E-state index contributed by atoms with van der Waals surface area (Å²) in [6.45, 7) is 3.64. The number of hydrogen-bond donors (Lipinski definition) is 1. The van der Waals surface area contributed by atoms with Crippen LogP contribution in [-0.2, 0) is 22.7 Å². The summed E-state index contributed by atoms with van der Waals surface area (Å²) in [5.41, 5.74) is -0.483. The molecule has 0 unspecified atom stereocenters. The van der Waals surface area contributed by atoms with E-state index in [4.69, 9.17) is 4.52 Å². The van der Waals surface area contributed by atoms with E-state index in [2.05, 4.69) is 14.9 Å². The normalized spacial score (nSPS) is 12.8. The number of pyridine rings is 1. The lowest BCUT2D eigenvalue weighted by Gasteiger charge is -2.07. The molecule has 0 fully saturated rings. The SMILES string of the molecule is CC(C)c1cc(CNS(=O)(=O)c2ccc(C(F)(F)F)nc2)on1. The van der Waals surface area contributed by atoms with Crippen LogP contribution in [-0.4, -0.2) is 18.6 Å². The summed E-state index contributed by atoms with van der Waals surface area (Å²) < 4.78 is 68.4. The van der Waals surface area contributed by atoms with Crippen molar-refractivity contribution in [2.75, 3.05) is 0 Å². The van der Waals surface area contributed by atoms with Crippen LogP contribution in [0, 0.1) is 0 Å². The number of aromatic nitrogens is 2. The predicted octanol–water partition coefficient (Wildman–Crippen LogP) is 2.69. The second kappa shape index (κ2) is 6.28. The first kappa shape index (κ1) is 17.4. The van der Waals surface area contributed by atoms with Crippen molar-refractivity contribution in [2.45, 2.75) is 37.4 Å². The Hall–Kier alpha value is -1.94. The molecule has 0 aromatic carbocycles. The van der Waals surface area contributed by atoms with Crippen LogP contribution in [0.25, 0.3) is 0 Å². The van der Waals surface area contributed by atoms with E-state index in [0.717, 1.165) is 6.07 Å². The largest absolute Gasteiger partial charge is 0.433 e. The number of nitrogens with zero attached hydrogens (tertiary/aromatic N) is 2. The molecule has 2 aromatic heterocycles. The number of nitrogens with one attached hydrogen (secondary N) is 1. The molecule has 1 N–H and O–H groups in total. The van der Waals surface area contributed by atoms with E-state index in [9.17, 15) is 21.6 Å². The fraction of sp³-hybridized carbons (Fsp3) is 0.385. The molecule has 0 amide bonds. The summed E-state index contributed by atoms with van der Waals surface area (Å²) in [6, 6.07) is 3.07. The minimum absolute atomic E-state index is 0.128. The maximum absolute atomic E-state index is 12.4. The molecule has 0 saturated carbocycles. The molecular weight excluding hydrogens is 335 g/mol. The van der Waals surface area contributed by atoms with Crippen molar-refractivity contribution < 1.29 is 26.1 Å². The molecule has 0 aliphatic carbocycles. The van der Waals surface area contributed by atoms with Gasteiger partial charge in [0.1, 0.15) is 10.6 Å². The lowest BCUT2D eigenvalue weighted by Crippen LogP contribution is -2.23. The van der Waals surface area contributed by atoms with Crippen LogP contribution in [0.5, 0.6) is 0 Å². The molecule has 0 bridgehead atoms. The van der Waals surface area contributed by atoms with Crippen LogP contribution in [0.4, 0.5) is 13.2 Å². The molecule has 0 radical (unpaired) electrons. The lowest BCUT2D eigenvalue weighted by atomic mass is 10.1. The van der Waals surface area contributed by atoms with Gasteiger partial charge in [0.25, 0.3) is 0 Å². The van der Waals surface area contributed by atoms with Gasteiger partial charge in [0.05, 0.1) is 12.2 Å². The van der Waals surface area contributed by atoms with Gasteiger partial charge >= 0.3 is 6.18 Å². The highest BCUT2D eigenvalue weighted by molar-refractivity contribution is 7.89. The fourth-order valence-electron chi connectivity index (χ4n) is 1.64. The Morgan fingerprint density at radius 1 is 1.30 bits per heavy atom. The van der Waals surface area contributed by atoms with Crippen molar-refractivity contribution in [2.24, 2.45) is 0 Å². The molecule has 23 heavy (non-hydrogen) atoms. The van der Waals surface area contributed by atoms with Gasteiger partial charge in [-0.3, -0.25) is 4.98 Å². The lowest BCUT2D eigenvalue weighted by molar-refractivity contribution is -0.141. The summed E-state index contributed by atoms with van der Waals surface area (Å²) in [4.78, 5) is 2.75. The molecule has 0 aliphatic rings. The van der Waals surface area contributed by atoms with Gasteiger partial charge in [-0.05, 0) is 18.1 Å². The number of halogens is 3. The Kier molecular flexibility index (Phi) is 4.76. The molecule has 10 heteroatoms. The van der Waals surface area contributed by atoms with Crippen molar-refractivity contribution >= 4 is 10.0 Å². The van der Waals surface area contributed by atoms with E-state index in [0.29, 0.717) is 23.7 Å². The van der Waals surface area contributed by atoms with Crippen LogP contribution < -0.4 is 4.72 Å². The molecule has 2 rings (SSSR count). The van der Waals surface area contributed by atoms with Crippen molar-refractivity contribution in [3.05, 3.63) is 41.5 Å². The Morgan fingerprint density at radius 3 is 2.48 bits per heavy atom. The number of rotatable bonds is 5. The summed E-state index contributed by atoms with van der Waals surface area (Å²) in [6.07, 6.45) is -3.96. The third-order valence-corrected chi connectivity index (χ3v) is 4.33. The molecule has 0 atom stereocenters. The van der Waals surface area contributed by atoms with Crippen molar-refractivity contribution in [1.29, 1.82) is 0 Å². The Bertz CT molecular complexity index is 768. The van der Waals surface area contributed by atoms with Gasteiger partial charge < -0.3 is 4.52 Å². The maximum atomic E-state index is 12.4. The van der Waals surface area contributed by atoms with Crippen LogP contribution in [0.15, 0.2) is 33.8 Å². The molecular formula is C13H14F3N3O3S.